The molecule has 150 valence electrons. The van der Waals surface area contributed by atoms with E-state index in [-0.39, 0.29) is 34.4 Å². The number of fused-ring (bicyclic) bond motifs is 1. The van der Waals surface area contributed by atoms with Gasteiger partial charge in [-0.1, -0.05) is 24.4 Å². The number of anilines is 1. The molecule has 9 heteroatoms. The Balaban J connectivity index is 1.57. The van der Waals surface area contributed by atoms with Crippen molar-refractivity contribution < 1.29 is 28.3 Å². The van der Waals surface area contributed by atoms with Crippen LogP contribution in [0.1, 0.15) is 32.6 Å². The number of hydrogen-bond donors (Lipinski definition) is 1. The highest BCUT2D eigenvalue weighted by Gasteiger charge is 2.51. The molecule has 2 aliphatic rings. The van der Waals surface area contributed by atoms with E-state index in [1.807, 2.05) is 0 Å². The summed E-state index contributed by atoms with van der Waals surface area (Å²) in [5, 5.41) is 2.48. The maximum absolute atomic E-state index is 13.6. The molecule has 1 N–H and O–H groups in total. The Hall–Kier alpha value is -2.48. The highest BCUT2D eigenvalue weighted by molar-refractivity contribution is 6.30. The van der Waals surface area contributed by atoms with Crippen LogP contribution in [0.3, 0.4) is 0 Å². The van der Waals surface area contributed by atoms with Crippen LogP contribution in [0.4, 0.5) is 10.1 Å². The van der Waals surface area contributed by atoms with Gasteiger partial charge in [-0.2, -0.15) is 0 Å². The molecule has 3 rings (SSSR count). The number of esters is 1. The highest BCUT2D eigenvalue weighted by atomic mass is 35.5. The molecule has 3 amide bonds. The number of carbonyl (C=O) groups is 4. The van der Waals surface area contributed by atoms with Crippen LogP contribution in [0, 0.1) is 17.7 Å². The van der Waals surface area contributed by atoms with Crippen LogP contribution in [0.15, 0.2) is 18.2 Å². The Morgan fingerprint density at radius 2 is 1.86 bits per heavy atom. The molecule has 3 atom stereocenters. The minimum atomic E-state index is -1.12. The second-order valence-electron chi connectivity index (χ2n) is 7.00. The van der Waals surface area contributed by atoms with E-state index >= 15 is 0 Å². The first-order valence-electron chi connectivity index (χ1n) is 9.08. The Morgan fingerprint density at radius 3 is 2.46 bits per heavy atom. The predicted molar refractivity (Wildman–Crippen MR) is 97.8 cm³/mol. The number of halogens is 2. The van der Waals surface area contributed by atoms with Crippen molar-refractivity contribution in [1.29, 1.82) is 0 Å². The summed E-state index contributed by atoms with van der Waals surface area (Å²) in [5.74, 6) is -3.78. The minimum Gasteiger partial charge on any atom is -0.454 e. The number of rotatable bonds is 5. The lowest BCUT2D eigenvalue weighted by Gasteiger charge is -2.21. The van der Waals surface area contributed by atoms with Crippen molar-refractivity contribution in [2.75, 3.05) is 11.9 Å². The monoisotopic (exact) mass is 410 g/mol. The minimum absolute atomic E-state index is 0.143. The number of carbonyl (C=O) groups excluding carboxylic acids is 4. The SMILES string of the molecule is C[C@@H](C(=O)OCC(=O)Nc1cc(Cl)ccc1F)N1C(=O)[C@@H]2CCCC[C@H]2C1=O. The number of likely N-dealkylation sites (tertiary alicyclic amines) is 1. The largest absolute Gasteiger partial charge is 0.454 e. The van der Waals surface area contributed by atoms with Crippen molar-refractivity contribution in [3.8, 4) is 0 Å². The predicted octanol–water partition coefficient (Wildman–Crippen LogP) is 2.52. The summed E-state index contributed by atoms with van der Waals surface area (Å²) in [4.78, 5) is 50.1. The third-order valence-corrected chi connectivity index (χ3v) is 5.39. The number of imide groups is 1. The molecule has 1 aliphatic carbocycles. The van der Waals surface area contributed by atoms with Gasteiger partial charge in [0.25, 0.3) is 5.91 Å². The van der Waals surface area contributed by atoms with E-state index in [0.29, 0.717) is 12.8 Å². The molecule has 28 heavy (non-hydrogen) atoms. The summed E-state index contributed by atoms with van der Waals surface area (Å²) in [6.45, 7) is 0.711. The normalized spacial score (nSPS) is 22.6. The number of nitrogens with zero attached hydrogens (tertiary/aromatic N) is 1. The molecule has 0 radical (unpaired) electrons. The first kappa shape index (κ1) is 20.3. The number of amides is 3. The molecule has 1 saturated carbocycles. The smallest absolute Gasteiger partial charge is 0.329 e. The van der Waals surface area contributed by atoms with E-state index in [0.717, 1.165) is 23.8 Å². The lowest BCUT2D eigenvalue weighted by molar-refractivity contribution is -0.159. The molecule has 1 aromatic rings. The maximum atomic E-state index is 13.6. The molecule has 0 spiro atoms. The average molecular weight is 411 g/mol. The van der Waals surface area contributed by atoms with Crippen LogP contribution in [-0.4, -0.2) is 41.2 Å². The van der Waals surface area contributed by atoms with Crippen molar-refractivity contribution in [3.63, 3.8) is 0 Å². The summed E-state index contributed by atoms with van der Waals surface area (Å²) in [6.07, 6.45) is 3.04. The molecule has 1 heterocycles. The summed E-state index contributed by atoms with van der Waals surface area (Å²) < 4.78 is 18.5. The zero-order chi connectivity index (χ0) is 20.4. The van der Waals surface area contributed by atoms with Gasteiger partial charge in [0.1, 0.15) is 11.9 Å². The lowest BCUT2D eigenvalue weighted by Crippen LogP contribution is -2.45. The van der Waals surface area contributed by atoms with Crippen molar-refractivity contribution in [2.45, 2.75) is 38.6 Å². The fourth-order valence-electron chi connectivity index (χ4n) is 3.71. The number of nitrogens with one attached hydrogen (secondary N) is 1. The van der Waals surface area contributed by atoms with Gasteiger partial charge < -0.3 is 10.1 Å². The van der Waals surface area contributed by atoms with Crippen LogP contribution in [0.5, 0.6) is 0 Å². The second-order valence-corrected chi connectivity index (χ2v) is 7.44. The molecule has 0 unspecified atom stereocenters. The van der Waals surface area contributed by atoms with E-state index in [1.165, 1.54) is 19.1 Å². The molecular formula is C19H20ClFN2O5. The first-order valence-corrected chi connectivity index (χ1v) is 9.46. The van der Waals surface area contributed by atoms with E-state index in [2.05, 4.69) is 5.32 Å². The lowest BCUT2D eigenvalue weighted by atomic mass is 9.81. The molecule has 1 saturated heterocycles. The van der Waals surface area contributed by atoms with Gasteiger partial charge in [-0.05, 0) is 38.0 Å². The number of benzene rings is 1. The van der Waals surface area contributed by atoms with Crippen LogP contribution in [0.25, 0.3) is 0 Å². The van der Waals surface area contributed by atoms with Crippen LogP contribution < -0.4 is 5.32 Å². The van der Waals surface area contributed by atoms with Crippen LogP contribution in [0.2, 0.25) is 5.02 Å². The van der Waals surface area contributed by atoms with Gasteiger partial charge in [-0.3, -0.25) is 19.3 Å². The molecular weight excluding hydrogens is 391 g/mol. The van der Waals surface area contributed by atoms with Gasteiger partial charge in [0.05, 0.1) is 17.5 Å². The maximum Gasteiger partial charge on any atom is 0.329 e. The van der Waals surface area contributed by atoms with Crippen molar-refractivity contribution in [3.05, 3.63) is 29.0 Å². The van der Waals surface area contributed by atoms with Gasteiger partial charge in [-0.25, -0.2) is 9.18 Å². The molecule has 0 bridgehead atoms. The first-order chi connectivity index (χ1) is 13.3. The quantitative estimate of drug-likeness (QED) is 0.594. The Kier molecular flexibility index (Phi) is 5.98. The Bertz CT molecular complexity index is 807. The molecule has 1 aliphatic heterocycles. The van der Waals surface area contributed by atoms with Gasteiger partial charge in [0.15, 0.2) is 6.61 Å². The second kappa shape index (κ2) is 8.26. The summed E-state index contributed by atoms with van der Waals surface area (Å²) >= 11 is 5.75. The van der Waals surface area contributed by atoms with E-state index in [1.54, 1.807) is 0 Å². The number of ether oxygens (including phenoxy) is 1. The van der Waals surface area contributed by atoms with Gasteiger partial charge in [0, 0.05) is 5.02 Å². The third kappa shape index (κ3) is 4.01. The molecule has 0 aromatic heterocycles. The summed E-state index contributed by atoms with van der Waals surface area (Å²) in [6, 6.07) is 2.52. The standard InChI is InChI=1S/C19H20ClFN2O5/c1-10(23-17(25)12-4-2-3-5-13(12)18(23)26)19(27)28-9-16(24)22-15-8-11(20)6-7-14(15)21/h6-8,10,12-13H,2-5,9H2,1H3,(H,22,24)/t10-,12+,13+/m0/s1. The number of hydrogen-bond acceptors (Lipinski definition) is 5. The topological polar surface area (TPSA) is 92.8 Å². The van der Waals surface area contributed by atoms with Gasteiger partial charge in [0.2, 0.25) is 11.8 Å². The summed E-state index contributed by atoms with van der Waals surface area (Å²) in [7, 11) is 0. The zero-order valence-electron chi connectivity index (χ0n) is 15.2. The van der Waals surface area contributed by atoms with Gasteiger partial charge >= 0.3 is 5.97 Å². The fourth-order valence-corrected chi connectivity index (χ4v) is 3.88. The Morgan fingerprint density at radius 1 is 1.25 bits per heavy atom. The van der Waals surface area contributed by atoms with E-state index in [9.17, 15) is 23.6 Å². The van der Waals surface area contributed by atoms with Crippen molar-refractivity contribution in [1.82, 2.24) is 4.90 Å². The van der Waals surface area contributed by atoms with Crippen LogP contribution >= 0.6 is 11.6 Å². The molecule has 1 aromatic carbocycles. The Labute approximate surface area is 166 Å². The average Bonchev–Trinajstić information content (AvgIpc) is 2.93. The zero-order valence-corrected chi connectivity index (χ0v) is 16.0. The fraction of sp³-hybridized carbons (Fsp3) is 0.474. The van der Waals surface area contributed by atoms with Gasteiger partial charge in [-0.15, -0.1) is 0 Å². The highest BCUT2D eigenvalue weighted by Crippen LogP contribution is 2.38. The van der Waals surface area contributed by atoms with Crippen molar-refractivity contribution in [2.24, 2.45) is 11.8 Å². The summed E-state index contributed by atoms with van der Waals surface area (Å²) in [5.41, 5.74) is -0.143. The molecule has 7 nitrogen and oxygen atoms in total. The van der Waals surface area contributed by atoms with E-state index in [4.69, 9.17) is 16.3 Å². The van der Waals surface area contributed by atoms with Crippen molar-refractivity contribution >= 4 is 41.0 Å². The third-order valence-electron chi connectivity index (χ3n) is 5.15. The van der Waals surface area contributed by atoms with Crippen LogP contribution in [-0.2, 0) is 23.9 Å². The molecule has 2 fully saturated rings. The van der Waals surface area contributed by atoms with E-state index < -0.39 is 30.3 Å².